The largest absolute Gasteiger partial charge is 0.309 e. The molecule has 6 aromatic carbocycles. The average Bonchev–Trinajstić information content (AvgIpc) is 3.54. The van der Waals surface area contributed by atoms with Crippen LogP contribution in [-0.2, 0) is 6.42 Å². The van der Waals surface area contributed by atoms with E-state index in [1.165, 1.54) is 69.9 Å². The van der Waals surface area contributed by atoms with Crippen LogP contribution in [0.4, 0.5) is 0 Å². The smallest absolute Gasteiger partial charge is 0.0541 e. The van der Waals surface area contributed by atoms with Gasteiger partial charge in [0.1, 0.15) is 0 Å². The van der Waals surface area contributed by atoms with Crippen LogP contribution in [0.15, 0.2) is 140 Å². The molecule has 0 saturated heterocycles. The SMILES string of the molecule is c1ccc(-c2ccc(-n3c4ccccc4c4cc(Cc5cccc6c5sc5ccccc56)ccc43)cc2)cc1. The van der Waals surface area contributed by atoms with Gasteiger partial charge < -0.3 is 4.57 Å². The highest BCUT2D eigenvalue weighted by Gasteiger charge is 2.14. The van der Waals surface area contributed by atoms with E-state index in [4.69, 9.17) is 0 Å². The Balaban J connectivity index is 1.24. The molecule has 0 amide bonds. The average molecular weight is 516 g/mol. The van der Waals surface area contributed by atoms with Crippen LogP contribution in [-0.4, -0.2) is 4.57 Å². The lowest BCUT2D eigenvalue weighted by molar-refractivity contribution is 1.17. The Bertz CT molecular complexity index is 2130. The summed E-state index contributed by atoms with van der Waals surface area (Å²) in [6, 6.07) is 50.8. The maximum absolute atomic E-state index is 2.40. The van der Waals surface area contributed by atoms with E-state index in [-0.39, 0.29) is 0 Å². The van der Waals surface area contributed by atoms with Crippen molar-refractivity contribution in [1.82, 2.24) is 4.57 Å². The normalized spacial score (nSPS) is 11.7. The number of benzene rings is 6. The van der Waals surface area contributed by atoms with Crippen LogP contribution in [0.3, 0.4) is 0 Å². The fourth-order valence-electron chi connectivity index (χ4n) is 6.01. The van der Waals surface area contributed by atoms with E-state index in [1.807, 2.05) is 11.3 Å². The maximum atomic E-state index is 2.40. The summed E-state index contributed by atoms with van der Waals surface area (Å²) >= 11 is 1.91. The number of hydrogen-bond acceptors (Lipinski definition) is 1. The number of rotatable bonds is 4. The van der Waals surface area contributed by atoms with Gasteiger partial charge >= 0.3 is 0 Å². The second-order valence-electron chi connectivity index (χ2n) is 10.2. The van der Waals surface area contributed by atoms with Gasteiger partial charge in [-0.15, -0.1) is 11.3 Å². The zero-order valence-electron chi connectivity index (χ0n) is 21.3. The van der Waals surface area contributed by atoms with Gasteiger partial charge in [0.05, 0.1) is 11.0 Å². The second-order valence-corrected chi connectivity index (χ2v) is 11.2. The molecule has 0 aliphatic heterocycles. The van der Waals surface area contributed by atoms with Gasteiger partial charge in [-0.05, 0) is 65.1 Å². The minimum atomic E-state index is 0.922. The summed E-state index contributed by atoms with van der Waals surface area (Å²) in [6.07, 6.45) is 0.922. The molecular formula is C37H25NS. The fraction of sp³-hybridized carbons (Fsp3) is 0.0270. The number of thiophene rings is 1. The molecule has 0 saturated carbocycles. The molecule has 8 aromatic rings. The van der Waals surface area contributed by atoms with Crippen LogP contribution in [0.25, 0.3) is 58.8 Å². The van der Waals surface area contributed by atoms with Crippen LogP contribution < -0.4 is 0 Å². The molecule has 0 atom stereocenters. The summed E-state index contributed by atoms with van der Waals surface area (Å²) in [4.78, 5) is 0. The molecule has 184 valence electrons. The Kier molecular flexibility index (Phi) is 5.14. The number of aromatic nitrogens is 1. The quantitative estimate of drug-likeness (QED) is 0.220. The molecular weight excluding hydrogens is 490 g/mol. The zero-order chi connectivity index (χ0) is 25.8. The predicted molar refractivity (Wildman–Crippen MR) is 168 cm³/mol. The van der Waals surface area contributed by atoms with Gasteiger partial charge in [0.25, 0.3) is 0 Å². The second kappa shape index (κ2) is 8.97. The first-order valence-corrected chi connectivity index (χ1v) is 14.2. The maximum Gasteiger partial charge on any atom is 0.0541 e. The summed E-state index contributed by atoms with van der Waals surface area (Å²) in [7, 11) is 0. The van der Waals surface area contributed by atoms with E-state index in [2.05, 4.69) is 144 Å². The predicted octanol–water partition coefficient (Wildman–Crippen LogP) is 10.4. The lowest BCUT2D eigenvalue weighted by atomic mass is 10.0. The minimum absolute atomic E-state index is 0.922. The first kappa shape index (κ1) is 22.3. The number of hydrogen-bond donors (Lipinski definition) is 0. The molecule has 0 unspecified atom stereocenters. The highest BCUT2D eigenvalue weighted by molar-refractivity contribution is 7.26. The molecule has 0 radical (unpaired) electrons. The van der Waals surface area contributed by atoms with E-state index < -0.39 is 0 Å². The highest BCUT2D eigenvalue weighted by Crippen LogP contribution is 2.38. The van der Waals surface area contributed by atoms with Crippen LogP contribution in [0.2, 0.25) is 0 Å². The molecule has 2 aromatic heterocycles. The highest BCUT2D eigenvalue weighted by atomic mass is 32.1. The fourth-order valence-corrected chi connectivity index (χ4v) is 7.22. The summed E-state index contributed by atoms with van der Waals surface area (Å²) in [5, 5.41) is 5.32. The molecule has 0 fully saturated rings. The Morgan fingerprint density at radius 2 is 1.18 bits per heavy atom. The van der Waals surface area contributed by atoms with E-state index in [1.54, 1.807) is 0 Å². The van der Waals surface area contributed by atoms with E-state index >= 15 is 0 Å². The lowest BCUT2D eigenvalue weighted by Gasteiger charge is -2.10. The first-order chi connectivity index (χ1) is 19.3. The minimum Gasteiger partial charge on any atom is -0.309 e. The van der Waals surface area contributed by atoms with E-state index in [0.717, 1.165) is 6.42 Å². The van der Waals surface area contributed by atoms with Crippen molar-refractivity contribution in [3.8, 4) is 16.8 Å². The van der Waals surface area contributed by atoms with Gasteiger partial charge in [-0.1, -0.05) is 103 Å². The van der Waals surface area contributed by atoms with Gasteiger partial charge in [0.15, 0.2) is 0 Å². The van der Waals surface area contributed by atoms with Gasteiger partial charge in [-0.2, -0.15) is 0 Å². The number of fused-ring (bicyclic) bond motifs is 6. The van der Waals surface area contributed by atoms with Crippen molar-refractivity contribution in [2.45, 2.75) is 6.42 Å². The molecule has 0 bridgehead atoms. The van der Waals surface area contributed by atoms with Crippen LogP contribution in [0.1, 0.15) is 11.1 Å². The lowest BCUT2D eigenvalue weighted by Crippen LogP contribution is -1.94. The molecule has 8 rings (SSSR count). The summed E-state index contributed by atoms with van der Waals surface area (Å²) in [5.74, 6) is 0. The third kappa shape index (κ3) is 3.68. The molecule has 2 heteroatoms. The number of para-hydroxylation sites is 1. The topological polar surface area (TPSA) is 4.93 Å². The molecule has 0 aliphatic rings. The van der Waals surface area contributed by atoms with Crippen molar-refractivity contribution in [2.75, 3.05) is 0 Å². The summed E-state index contributed by atoms with van der Waals surface area (Å²) < 4.78 is 5.16. The van der Waals surface area contributed by atoms with Crippen molar-refractivity contribution in [3.63, 3.8) is 0 Å². The van der Waals surface area contributed by atoms with Crippen molar-refractivity contribution in [3.05, 3.63) is 151 Å². The van der Waals surface area contributed by atoms with Gasteiger partial charge in [0, 0.05) is 36.6 Å². The van der Waals surface area contributed by atoms with Crippen molar-refractivity contribution >= 4 is 53.3 Å². The third-order valence-electron chi connectivity index (χ3n) is 7.85. The Morgan fingerprint density at radius 3 is 2.05 bits per heavy atom. The summed E-state index contributed by atoms with van der Waals surface area (Å²) in [6.45, 7) is 0. The zero-order valence-corrected chi connectivity index (χ0v) is 22.2. The first-order valence-electron chi connectivity index (χ1n) is 13.4. The van der Waals surface area contributed by atoms with E-state index in [0.29, 0.717) is 0 Å². The third-order valence-corrected chi connectivity index (χ3v) is 9.11. The Labute approximate surface area is 231 Å². The van der Waals surface area contributed by atoms with Crippen LogP contribution in [0.5, 0.6) is 0 Å². The molecule has 0 aliphatic carbocycles. The van der Waals surface area contributed by atoms with Crippen molar-refractivity contribution in [2.24, 2.45) is 0 Å². The van der Waals surface area contributed by atoms with Crippen LogP contribution in [0, 0.1) is 0 Å². The van der Waals surface area contributed by atoms with Crippen LogP contribution >= 0.6 is 11.3 Å². The van der Waals surface area contributed by atoms with Gasteiger partial charge in [-0.3, -0.25) is 0 Å². The molecule has 0 spiro atoms. The van der Waals surface area contributed by atoms with E-state index in [9.17, 15) is 0 Å². The molecule has 39 heavy (non-hydrogen) atoms. The molecule has 2 heterocycles. The van der Waals surface area contributed by atoms with Crippen molar-refractivity contribution < 1.29 is 0 Å². The monoisotopic (exact) mass is 515 g/mol. The van der Waals surface area contributed by atoms with Gasteiger partial charge in [0.2, 0.25) is 0 Å². The molecule has 1 nitrogen and oxygen atoms in total. The molecule has 0 N–H and O–H groups in total. The van der Waals surface area contributed by atoms with Gasteiger partial charge in [-0.25, -0.2) is 0 Å². The number of nitrogens with zero attached hydrogens (tertiary/aromatic N) is 1. The van der Waals surface area contributed by atoms with Crippen molar-refractivity contribution in [1.29, 1.82) is 0 Å². The summed E-state index contributed by atoms with van der Waals surface area (Å²) in [5.41, 5.74) is 8.88. The Hall–Kier alpha value is -4.66. The Morgan fingerprint density at radius 1 is 0.487 bits per heavy atom. The standard InChI is InChI=1S/C37H25NS/c1-2-9-26(10-3-1)27-18-20-29(21-19-27)38-34-15-6-4-12-30(34)33-24-25(17-22-35(33)38)23-28-11-8-14-32-31-13-5-7-16-36(31)39-37(28)32/h1-22,24H,23H2.